The lowest BCUT2D eigenvalue weighted by Gasteiger charge is -2.36. The van der Waals surface area contributed by atoms with Crippen molar-refractivity contribution in [3.63, 3.8) is 0 Å². The number of rotatable bonds is 7. The first-order valence-electron chi connectivity index (χ1n) is 10.9. The van der Waals surface area contributed by atoms with E-state index >= 15 is 0 Å². The van der Waals surface area contributed by atoms with Crippen LogP contribution in [0.15, 0.2) is 48.5 Å². The third-order valence-corrected chi connectivity index (χ3v) is 7.82. The Labute approximate surface area is 172 Å². The molecule has 2 aromatic rings. The van der Waals surface area contributed by atoms with Crippen LogP contribution in [0.4, 0.5) is 0 Å². The predicted octanol–water partition coefficient (Wildman–Crippen LogP) is 5.63. The van der Waals surface area contributed by atoms with E-state index in [1.54, 1.807) is 0 Å². The van der Waals surface area contributed by atoms with Gasteiger partial charge in [0.25, 0.3) is 0 Å². The van der Waals surface area contributed by atoms with Crippen molar-refractivity contribution in [3.05, 3.63) is 70.8 Å². The summed E-state index contributed by atoms with van der Waals surface area (Å²) in [5.74, 6) is 0.452. The maximum Gasteiger partial charge on any atom is 0.113 e. The number of hydrogen-bond acceptors (Lipinski definition) is 2. The Hall–Kier alpha value is -1.42. The highest BCUT2D eigenvalue weighted by Crippen LogP contribution is 2.46. The van der Waals surface area contributed by atoms with Crippen molar-refractivity contribution < 1.29 is 5.11 Å². The van der Waals surface area contributed by atoms with E-state index in [9.17, 15) is 5.11 Å². The summed E-state index contributed by atoms with van der Waals surface area (Å²) in [6.07, 6.45) is 2.15. The Morgan fingerprint density at radius 1 is 0.964 bits per heavy atom. The molecule has 0 spiro atoms. The molecule has 152 valence electrons. The molecule has 2 unspecified atom stereocenters. The van der Waals surface area contributed by atoms with E-state index in [2.05, 4.69) is 86.9 Å². The minimum Gasteiger partial charge on any atom is -0.381 e. The Bertz CT molecular complexity index is 793. The van der Waals surface area contributed by atoms with Crippen molar-refractivity contribution in [2.75, 3.05) is 19.6 Å². The lowest BCUT2D eigenvalue weighted by molar-refractivity contribution is 0.0997. The van der Waals surface area contributed by atoms with Crippen LogP contribution in [0, 0.1) is 0 Å². The Morgan fingerprint density at radius 2 is 1.57 bits per heavy atom. The average Bonchev–Trinajstić information content (AvgIpc) is 2.75. The van der Waals surface area contributed by atoms with E-state index in [1.807, 2.05) is 0 Å². The van der Waals surface area contributed by atoms with Gasteiger partial charge in [0.05, 0.1) is 0 Å². The average molecular weight is 396 g/mol. The molecular formula is C25H37NOSi. The SMILES string of the molecule is CCN(CC)CCC1Cc2ccccc2C(O)(C[Si](C)(C)C)c2ccccc21. The van der Waals surface area contributed by atoms with Crippen LogP contribution in [-0.4, -0.2) is 37.7 Å². The second-order valence-corrected chi connectivity index (χ2v) is 15.0. The van der Waals surface area contributed by atoms with Gasteiger partial charge in [-0.2, -0.15) is 0 Å². The van der Waals surface area contributed by atoms with Crippen LogP contribution in [0.2, 0.25) is 25.7 Å². The summed E-state index contributed by atoms with van der Waals surface area (Å²) in [5.41, 5.74) is 4.08. The fraction of sp³-hybridized carbons (Fsp3) is 0.520. The zero-order valence-electron chi connectivity index (χ0n) is 18.3. The molecule has 0 heterocycles. The van der Waals surface area contributed by atoms with E-state index in [4.69, 9.17) is 0 Å². The van der Waals surface area contributed by atoms with Crippen LogP contribution in [0.5, 0.6) is 0 Å². The largest absolute Gasteiger partial charge is 0.381 e. The van der Waals surface area contributed by atoms with Gasteiger partial charge < -0.3 is 10.0 Å². The Balaban J connectivity index is 2.10. The van der Waals surface area contributed by atoms with E-state index in [1.165, 1.54) is 11.1 Å². The van der Waals surface area contributed by atoms with Gasteiger partial charge in [-0.1, -0.05) is 82.0 Å². The van der Waals surface area contributed by atoms with Crippen LogP contribution in [-0.2, 0) is 12.0 Å². The number of hydrogen-bond donors (Lipinski definition) is 1. The minimum absolute atomic E-state index is 0.452. The lowest BCUT2D eigenvalue weighted by atomic mass is 9.83. The van der Waals surface area contributed by atoms with E-state index in [-0.39, 0.29) is 0 Å². The van der Waals surface area contributed by atoms with Crippen molar-refractivity contribution in [1.29, 1.82) is 0 Å². The van der Waals surface area contributed by atoms with E-state index in [0.29, 0.717) is 5.92 Å². The van der Waals surface area contributed by atoms with Crippen molar-refractivity contribution in [2.24, 2.45) is 0 Å². The molecule has 0 aromatic heterocycles. The van der Waals surface area contributed by atoms with Crippen LogP contribution >= 0.6 is 0 Å². The summed E-state index contributed by atoms with van der Waals surface area (Å²) >= 11 is 0. The van der Waals surface area contributed by atoms with Gasteiger partial charge in [-0.15, -0.1) is 0 Å². The third-order valence-electron chi connectivity index (χ3n) is 6.25. The molecule has 1 N–H and O–H groups in total. The van der Waals surface area contributed by atoms with Crippen LogP contribution < -0.4 is 0 Å². The molecule has 3 heteroatoms. The highest BCUT2D eigenvalue weighted by molar-refractivity contribution is 6.76. The summed E-state index contributed by atoms with van der Waals surface area (Å²) in [4.78, 5) is 2.51. The maximum absolute atomic E-state index is 12.2. The molecule has 0 saturated heterocycles. The van der Waals surface area contributed by atoms with Crippen molar-refractivity contribution in [1.82, 2.24) is 4.90 Å². The molecule has 0 bridgehead atoms. The second kappa shape index (κ2) is 8.52. The highest BCUT2D eigenvalue weighted by atomic mass is 28.3. The topological polar surface area (TPSA) is 23.5 Å². The van der Waals surface area contributed by atoms with Gasteiger partial charge in [-0.25, -0.2) is 0 Å². The van der Waals surface area contributed by atoms with Crippen LogP contribution in [0.25, 0.3) is 0 Å². The molecule has 0 fully saturated rings. The van der Waals surface area contributed by atoms with Gasteiger partial charge in [0.1, 0.15) is 5.60 Å². The molecule has 2 atom stereocenters. The van der Waals surface area contributed by atoms with Crippen molar-refractivity contribution in [3.8, 4) is 0 Å². The fourth-order valence-electron chi connectivity index (χ4n) is 4.95. The van der Waals surface area contributed by atoms with E-state index in [0.717, 1.165) is 49.6 Å². The summed E-state index contributed by atoms with van der Waals surface area (Å²) < 4.78 is 0. The highest BCUT2D eigenvalue weighted by Gasteiger charge is 2.42. The number of benzene rings is 2. The van der Waals surface area contributed by atoms with Crippen molar-refractivity contribution >= 4 is 8.07 Å². The van der Waals surface area contributed by atoms with Gasteiger partial charge in [-0.05, 0) is 66.7 Å². The summed E-state index contributed by atoms with van der Waals surface area (Å²) in [6, 6.07) is 18.2. The van der Waals surface area contributed by atoms with Crippen molar-refractivity contribution in [2.45, 2.75) is 63.9 Å². The quantitative estimate of drug-likeness (QED) is 0.614. The molecule has 1 aliphatic carbocycles. The molecule has 3 rings (SSSR count). The minimum atomic E-state index is -1.50. The molecule has 0 radical (unpaired) electrons. The monoisotopic (exact) mass is 395 g/mol. The van der Waals surface area contributed by atoms with Gasteiger partial charge in [0.15, 0.2) is 0 Å². The molecule has 0 aliphatic heterocycles. The van der Waals surface area contributed by atoms with Gasteiger partial charge >= 0.3 is 0 Å². The first-order chi connectivity index (χ1) is 13.3. The number of nitrogens with zero attached hydrogens (tertiary/aromatic N) is 1. The van der Waals surface area contributed by atoms with Gasteiger partial charge in [0, 0.05) is 8.07 Å². The van der Waals surface area contributed by atoms with Crippen LogP contribution in [0.1, 0.15) is 48.4 Å². The third kappa shape index (κ3) is 4.42. The summed E-state index contributed by atoms with van der Waals surface area (Å²) in [7, 11) is -1.50. The molecule has 28 heavy (non-hydrogen) atoms. The zero-order valence-corrected chi connectivity index (χ0v) is 19.3. The van der Waals surface area contributed by atoms with Gasteiger partial charge in [-0.3, -0.25) is 0 Å². The fourth-order valence-corrected chi connectivity index (χ4v) is 6.86. The predicted molar refractivity (Wildman–Crippen MR) is 123 cm³/mol. The van der Waals surface area contributed by atoms with E-state index < -0.39 is 13.7 Å². The first-order valence-corrected chi connectivity index (χ1v) is 14.6. The first kappa shape index (κ1) is 21.3. The maximum atomic E-state index is 12.2. The Kier molecular flexibility index (Phi) is 6.48. The standard InChI is InChI=1S/C25H37NOSi/c1-6-26(7-2)17-16-20-18-21-12-8-10-14-23(21)25(27,19-28(3,4)5)24-15-11-9-13-22(20)24/h8-15,20,27H,6-7,16-19H2,1-5H3. The lowest BCUT2D eigenvalue weighted by Crippen LogP contribution is -2.37. The molecule has 1 aliphatic rings. The molecule has 2 nitrogen and oxygen atoms in total. The van der Waals surface area contributed by atoms with Crippen LogP contribution in [0.3, 0.4) is 0 Å². The normalized spacial score (nSPS) is 21.9. The molecule has 2 aromatic carbocycles. The smallest absolute Gasteiger partial charge is 0.113 e. The molecular weight excluding hydrogens is 358 g/mol. The Morgan fingerprint density at radius 3 is 2.21 bits per heavy atom. The second-order valence-electron chi connectivity index (χ2n) is 9.56. The number of fused-ring (bicyclic) bond motifs is 2. The number of aliphatic hydroxyl groups is 1. The van der Waals surface area contributed by atoms with Gasteiger partial charge in [0.2, 0.25) is 0 Å². The molecule has 0 saturated carbocycles. The summed E-state index contributed by atoms with van der Waals surface area (Å²) in [6.45, 7) is 14.9. The summed E-state index contributed by atoms with van der Waals surface area (Å²) in [5, 5.41) is 12.2. The zero-order chi connectivity index (χ0) is 20.4. The molecule has 0 amide bonds.